The minimum atomic E-state index is -2.76. The Morgan fingerprint density at radius 3 is 2.38 bits per heavy atom. The molecule has 8 heteroatoms. The number of benzene rings is 1. The lowest BCUT2D eigenvalue weighted by Gasteiger charge is -2.04. The molecule has 0 unspecified atom stereocenters. The van der Waals surface area contributed by atoms with Crippen molar-refractivity contribution < 1.29 is 23.1 Å². The van der Waals surface area contributed by atoms with Gasteiger partial charge in [-0.2, -0.15) is 0 Å². The van der Waals surface area contributed by atoms with Crippen LogP contribution in [-0.4, -0.2) is 29.8 Å². The van der Waals surface area contributed by atoms with Crippen molar-refractivity contribution >= 4 is 22.9 Å². The van der Waals surface area contributed by atoms with E-state index in [0.717, 1.165) is 5.56 Å². The fourth-order valence-electron chi connectivity index (χ4n) is 1.63. The third kappa shape index (κ3) is 7.01. The largest absolute Gasteiger partial charge is 0.449 e. The van der Waals surface area contributed by atoms with Crippen molar-refractivity contribution in [3.05, 3.63) is 35.9 Å². The molecule has 0 aliphatic carbocycles. The van der Waals surface area contributed by atoms with E-state index in [9.17, 15) is 18.4 Å². The summed E-state index contributed by atoms with van der Waals surface area (Å²) in [6, 6.07) is 8.51. The zero-order valence-electron chi connectivity index (χ0n) is 11.0. The van der Waals surface area contributed by atoms with E-state index in [0.29, 0.717) is 0 Å². The van der Waals surface area contributed by atoms with Gasteiger partial charge in [0.15, 0.2) is 0 Å². The van der Waals surface area contributed by atoms with E-state index in [4.69, 9.17) is 17.3 Å². The van der Waals surface area contributed by atoms with Crippen LogP contribution in [0.2, 0.25) is 0 Å². The standard InChI is InChI=1S/C8H7ClO2.C5H8F2N2O/c9-8(10)11-6-7-4-2-1-3-5-7;6-5(7)1-3(4(8)10)9-2-5/h1-5H,6H2;3,9H,1-2H2,(H2,8,10)/t;3-/m.0/s1. The van der Waals surface area contributed by atoms with Crippen LogP contribution < -0.4 is 11.1 Å². The van der Waals surface area contributed by atoms with Gasteiger partial charge < -0.3 is 10.5 Å². The number of hydrogen-bond acceptors (Lipinski definition) is 4. The number of rotatable bonds is 3. The lowest BCUT2D eigenvalue weighted by molar-refractivity contribution is -0.120. The zero-order chi connectivity index (χ0) is 15.9. The first-order chi connectivity index (χ1) is 9.80. The quantitative estimate of drug-likeness (QED) is 0.835. The summed E-state index contributed by atoms with van der Waals surface area (Å²) in [6.45, 7) is -0.205. The predicted molar refractivity (Wildman–Crippen MR) is 73.0 cm³/mol. The normalized spacial score (nSPS) is 19.3. The van der Waals surface area contributed by atoms with Crippen LogP contribution in [0.3, 0.4) is 0 Å². The summed E-state index contributed by atoms with van der Waals surface area (Å²) in [5.41, 5.74) is 4.95. The highest BCUT2D eigenvalue weighted by Gasteiger charge is 2.41. The van der Waals surface area contributed by atoms with Crippen LogP contribution in [0.4, 0.5) is 13.6 Å². The molecule has 1 amide bonds. The number of alkyl halides is 2. The Kier molecular flexibility index (Phi) is 6.51. The van der Waals surface area contributed by atoms with Crippen LogP contribution in [-0.2, 0) is 16.1 Å². The Bertz CT molecular complexity index is 486. The molecule has 1 fully saturated rings. The number of ether oxygens (including phenoxy) is 1. The number of nitrogens with two attached hydrogens (primary N) is 1. The molecular formula is C13H15ClF2N2O3. The van der Waals surface area contributed by atoms with E-state index in [1.807, 2.05) is 30.3 Å². The number of primary amides is 1. The third-order valence-corrected chi connectivity index (χ3v) is 2.76. The number of amides is 1. The van der Waals surface area contributed by atoms with Gasteiger partial charge in [-0.15, -0.1) is 0 Å². The number of nitrogens with one attached hydrogen (secondary N) is 1. The molecule has 1 aromatic carbocycles. The first kappa shape index (κ1) is 17.3. The summed E-state index contributed by atoms with van der Waals surface area (Å²) in [5, 5.41) is 2.32. The third-order valence-electron chi connectivity index (χ3n) is 2.65. The molecule has 0 spiro atoms. The topological polar surface area (TPSA) is 81.4 Å². The fourth-order valence-corrected chi connectivity index (χ4v) is 1.69. The van der Waals surface area contributed by atoms with E-state index in [-0.39, 0.29) is 6.61 Å². The van der Waals surface area contributed by atoms with Gasteiger partial charge in [0.1, 0.15) is 6.61 Å². The molecule has 1 heterocycles. The average Bonchev–Trinajstić information content (AvgIpc) is 2.79. The van der Waals surface area contributed by atoms with E-state index >= 15 is 0 Å². The summed E-state index contributed by atoms with van der Waals surface area (Å²) >= 11 is 4.97. The van der Waals surface area contributed by atoms with Crippen LogP contribution in [0.5, 0.6) is 0 Å². The molecule has 3 N–H and O–H groups in total. The Hall–Kier alpha value is -1.73. The van der Waals surface area contributed by atoms with Gasteiger partial charge in [-0.25, -0.2) is 13.6 Å². The smallest absolute Gasteiger partial charge is 0.404 e. The minimum absolute atomic E-state index is 0.239. The number of carbonyl (C=O) groups is 2. The summed E-state index contributed by atoms with van der Waals surface area (Å²) in [7, 11) is 0. The fraction of sp³-hybridized carbons (Fsp3) is 0.385. The van der Waals surface area contributed by atoms with Crippen molar-refractivity contribution in [1.29, 1.82) is 0 Å². The van der Waals surface area contributed by atoms with Gasteiger partial charge in [-0.05, 0) is 5.56 Å². The van der Waals surface area contributed by atoms with Gasteiger partial charge in [-0.1, -0.05) is 30.3 Å². The van der Waals surface area contributed by atoms with Crippen molar-refractivity contribution in [2.45, 2.75) is 25.0 Å². The first-order valence-corrected chi connectivity index (χ1v) is 6.45. The highest BCUT2D eigenvalue weighted by atomic mass is 35.5. The van der Waals surface area contributed by atoms with Gasteiger partial charge in [0, 0.05) is 18.0 Å². The molecule has 1 aromatic rings. The molecular weight excluding hydrogens is 306 g/mol. The second kappa shape index (κ2) is 7.90. The van der Waals surface area contributed by atoms with Gasteiger partial charge in [-0.3, -0.25) is 10.1 Å². The summed E-state index contributed by atoms with van der Waals surface area (Å²) in [6.07, 6.45) is -0.470. The van der Waals surface area contributed by atoms with Crippen molar-refractivity contribution in [1.82, 2.24) is 5.32 Å². The van der Waals surface area contributed by atoms with Crippen molar-refractivity contribution in [3.8, 4) is 0 Å². The van der Waals surface area contributed by atoms with Gasteiger partial charge in [0.2, 0.25) is 5.91 Å². The molecule has 116 valence electrons. The Morgan fingerprint density at radius 2 is 2.00 bits per heavy atom. The molecule has 2 rings (SSSR count). The number of halogens is 3. The highest BCUT2D eigenvalue weighted by molar-refractivity contribution is 6.61. The molecule has 1 atom stereocenters. The Morgan fingerprint density at radius 1 is 1.38 bits per heavy atom. The Labute approximate surface area is 125 Å². The van der Waals surface area contributed by atoms with Crippen molar-refractivity contribution in [2.75, 3.05) is 6.54 Å². The molecule has 21 heavy (non-hydrogen) atoms. The number of carbonyl (C=O) groups excluding carboxylic acids is 2. The molecule has 0 aromatic heterocycles. The monoisotopic (exact) mass is 320 g/mol. The maximum Gasteiger partial charge on any atom is 0.404 e. The number of hydrogen-bond donors (Lipinski definition) is 2. The van der Waals surface area contributed by atoms with Gasteiger partial charge in [0.05, 0.1) is 12.6 Å². The highest BCUT2D eigenvalue weighted by Crippen LogP contribution is 2.24. The lowest BCUT2D eigenvalue weighted by Crippen LogP contribution is -2.36. The predicted octanol–water partition coefficient (Wildman–Crippen LogP) is 2.03. The zero-order valence-corrected chi connectivity index (χ0v) is 11.8. The molecule has 1 aliphatic rings. The average molecular weight is 321 g/mol. The second-order valence-corrected chi connectivity index (χ2v) is 4.72. The molecule has 0 radical (unpaired) electrons. The summed E-state index contributed by atoms with van der Waals surface area (Å²) < 4.78 is 29.1. The molecule has 5 nitrogen and oxygen atoms in total. The van der Waals surface area contributed by atoms with Crippen LogP contribution >= 0.6 is 11.6 Å². The minimum Gasteiger partial charge on any atom is -0.449 e. The molecule has 0 bridgehead atoms. The maximum absolute atomic E-state index is 12.3. The maximum atomic E-state index is 12.3. The molecule has 1 saturated heterocycles. The molecule has 1 aliphatic heterocycles. The lowest BCUT2D eigenvalue weighted by atomic mass is 10.2. The van der Waals surface area contributed by atoms with Crippen molar-refractivity contribution in [2.24, 2.45) is 5.73 Å². The van der Waals surface area contributed by atoms with E-state index in [1.165, 1.54) is 0 Å². The van der Waals surface area contributed by atoms with E-state index < -0.39 is 36.3 Å². The van der Waals surface area contributed by atoms with Gasteiger partial charge >= 0.3 is 5.43 Å². The van der Waals surface area contributed by atoms with Gasteiger partial charge in [0.25, 0.3) is 5.92 Å². The van der Waals surface area contributed by atoms with Crippen LogP contribution in [0.25, 0.3) is 0 Å². The summed E-state index contributed by atoms with van der Waals surface area (Å²) in [5.74, 6) is -3.48. The first-order valence-electron chi connectivity index (χ1n) is 6.07. The van der Waals surface area contributed by atoms with Crippen LogP contribution in [0, 0.1) is 0 Å². The molecule has 0 saturated carbocycles. The van der Waals surface area contributed by atoms with Crippen LogP contribution in [0.1, 0.15) is 12.0 Å². The Balaban J connectivity index is 0.000000211. The second-order valence-electron chi connectivity index (χ2n) is 4.41. The van der Waals surface area contributed by atoms with E-state index in [1.54, 1.807) is 0 Å². The summed E-state index contributed by atoms with van der Waals surface area (Å²) in [4.78, 5) is 20.5. The van der Waals surface area contributed by atoms with E-state index in [2.05, 4.69) is 10.1 Å². The van der Waals surface area contributed by atoms with Crippen LogP contribution in [0.15, 0.2) is 30.3 Å². The SMILES string of the molecule is NC(=O)[C@@H]1CC(F)(F)CN1.O=C(Cl)OCc1ccccc1. The van der Waals surface area contributed by atoms with Crippen molar-refractivity contribution in [3.63, 3.8) is 0 Å².